The SMILES string of the molecule is CN1CCN(Cc2cc(-c3cccs3)cs2)CC1c1nccn1C.O=C(O)C(F)(F)F. The molecule has 3 aromatic heterocycles. The van der Waals surface area contributed by atoms with Crippen molar-refractivity contribution in [3.63, 3.8) is 0 Å². The maximum absolute atomic E-state index is 10.6. The standard InChI is InChI=1S/C18H22N4S2.C2HF3O2/c1-20-7-8-22(12-16(20)18-19-5-6-21(18)2)11-15-10-14(13-24-15)17-4-3-9-23-17;3-2(4,5)1(6)7/h3-6,9-10,13,16H,7-8,11-12H2,1-2H3;(H,6,7). The lowest BCUT2D eigenvalue weighted by Gasteiger charge is -2.38. The molecule has 31 heavy (non-hydrogen) atoms. The van der Waals surface area contributed by atoms with Gasteiger partial charge in [-0.2, -0.15) is 13.2 Å². The Morgan fingerprint density at radius 1 is 1.29 bits per heavy atom. The second-order valence-corrected chi connectivity index (χ2v) is 9.15. The number of rotatable bonds is 4. The zero-order valence-corrected chi connectivity index (χ0v) is 18.7. The van der Waals surface area contributed by atoms with E-state index in [9.17, 15) is 13.2 Å². The molecule has 4 heterocycles. The van der Waals surface area contributed by atoms with Crippen molar-refractivity contribution in [2.45, 2.75) is 18.8 Å². The number of carbonyl (C=O) groups is 1. The molecule has 1 atom stereocenters. The summed E-state index contributed by atoms with van der Waals surface area (Å²) in [5.41, 5.74) is 1.36. The van der Waals surface area contributed by atoms with Gasteiger partial charge < -0.3 is 9.67 Å². The number of imidazole rings is 1. The smallest absolute Gasteiger partial charge is 0.475 e. The summed E-state index contributed by atoms with van der Waals surface area (Å²) in [6.07, 6.45) is -1.15. The molecule has 1 unspecified atom stereocenters. The molecule has 3 aromatic rings. The number of aromatic nitrogens is 2. The first-order valence-electron chi connectivity index (χ1n) is 9.46. The zero-order valence-electron chi connectivity index (χ0n) is 17.0. The predicted molar refractivity (Wildman–Crippen MR) is 115 cm³/mol. The van der Waals surface area contributed by atoms with Crippen LogP contribution in [0.15, 0.2) is 41.4 Å². The minimum Gasteiger partial charge on any atom is -0.475 e. The Labute approximate surface area is 186 Å². The van der Waals surface area contributed by atoms with Crippen LogP contribution in [-0.2, 0) is 18.4 Å². The third-order valence-electron chi connectivity index (χ3n) is 4.97. The topological polar surface area (TPSA) is 61.6 Å². The number of hydrogen-bond donors (Lipinski definition) is 1. The fourth-order valence-corrected chi connectivity index (χ4v) is 5.02. The average molecular weight is 473 g/mol. The zero-order chi connectivity index (χ0) is 22.6. The Kier molecular flexibility index (Phi) is 7.52. The van der Waals surface area contributed by atoms with Crippen LogP contribution in [-0.4, -0.2) is 63.3 Å². The quantitative estimate of drug-likeness (QED) is 0.613. The second-order valence-electron chi connectivity index (χ2n) is 7.21. The molecular weight excluding hydrogens is 449 g/mol. The highest BCUT2D eigenvalue weighted by Gasteiger charge is 2.38. The van der Waals surface area contributed by atoms with Gasteiger partial charge in [0.25, 0.3) is 0 Å². The van der Waals surface area contributed by atoms with Crippen LogP contribution >= 0.6 is 22.7 Å². The number of alkyl halides is 3. The van der Waals surface area contributed by atoms with Crippen molar-refractivity contribution >= 4 is 28.6 Å². The maximum Gasteiger partial charge on any atom is 0.490 e. The van der Waals surface area contributed by atoms with Crippen LogP contribution in [0.1, 0.15) is 16.7 Å². The van der Waals surface area contributed by atoms with Gasteiger partial charge in [0.15, 0.2) is 0 Å². The second kappa shape index (κ2) is 9.94. The Bertz CT molecular complexity index is 985. The van der Waals surface area contributed by atoms with Crippen LogP contribution in [0.5, 0.6) is 0 Å². The number of aliphatic carboxylic acids is 1. The first kappa shape index (κ1) is 23.5. The number of thiophene rings is 2. The average Bonchev–Trinajstić information content (AvgIpc) is 3.45. The van der Waals surface area contributed by atoms with E-state index in [2.05, 4.69) is 62.4 Å². The van der Waals surface area contributed by atoms with Gasteiger partial charge in [0.1, 0.15) is 5.82 Å². The monoisotopic (exact) mass is 472 g/mol. The minimum absolute atomic E-state index is 0.371. The Hall–Kier alpha value is -2.21. The number of likely N-dealkylation sites (N-methyl/N-ethyl adjacent to an activating group) is 1. The van der Waals surface area contributed by atoms with Crippen molar-refractivity contribution < 1.29 is 23.1 Å². The normalized spacial score (nSPS) is 17.9. The summed E-state index contributed by atoms with van der Waals surface area (Å²) in [7, 11) is 4.29. The van der Waals surface area contributed by atoms with E-state index >= 15 is 0 Å². The summed E-state index contributed by atoms with van der Waals surface area (Å²) in [6.45, 7) is 4.27. The molecule has 168 valence electrons. The largest absolute Gasteiger partial charge is 0.490 e. The van der Waals surface area contributed by atoms with Crippen molar-refractivity contribution in [1.82, 2.24) is 19.4 Å². The summed E-state index contributed by atoms with van der Waals surface area (Å²) < 4.78 is 33.9. The van der Waals surface area contributed by atoms with Crippen molar-refractivity contribution in [2.24, 2.45) is 7.05 Å². The van der Waals surface area contributed by atoms with Gasteiger partial charge in [-0.3, -0.25) is 9.80 Å². The molecule has 1 aliphatic rings. The number of hydrogen-bond acceptors (Lipinski definition) is 6. The van der Waals surface area contributed by atoms with Crippen LogP contribution in [0.2, 0.25) is 0 Å². The molecule has 1 N–H and O–H groups in total. The van der Waals surface area contributed by atoms with E-state index in [1.807, 2.05) is 35.1 Å². The summed E-state index contributed by atoms with van der Waals surface area (Å²) in [5.74, 6) is -1.60. The van der Waals surface area contributed by atoms with Gasteiger partial charge in [-0.15, -0.1) is 22.7 Å². The van der Waals surface area contributed by atoms with Gasteiger partial charge in [-0.1, -0.05) is 6.07 Å². The lowest BCUT2D eigenvalue weighted by molar-refractivity contribution is -0.192. The number of aryl methyl sites for hydroxylation is 1. The summed E-state index contributed by atoms with van der Waals surface area (Å²) in [6, 6.07) is 7.04. The van der Waals surface area contributed by atoms with Crippen molar-refractivity contribution in [3.05, 3.63) is 52.1 Å². The number of halogens is 3. The van der Waals surface area contributed by atoms with E-state index in [0.717, 1.165) is 32.0 Å². The van der Waals surface area contributed by atoms with Crippen molar-refractivity contribution in [3.8, 4) is 10.4 Å². The Balaban J connectivity index is 0.000000339. The first-order valence-corrected chi connectivity index (χ1v) is 11.2. The highest BCUT2D eigenvalue weighted by atomic mass is 32.1. The van der Waals surface area contributed by atoms with Gasteiger partial charge in [0.2, 0.25) is 0 Å². The van der Waals surface area contributed by atoms with Crippen LogP contribution in [0.3, 0.4) is 0 Å². The van der Waals surface area contributed by atoms with E-state index in [4.69, 9.17) is 9.90 Å². The Morgan fingerprint density at radius 2 is 2.03 bits per heavy atom. The maximum atomic E-state index is 10.6. The molecule has 0 bridgehead atoms. The number of piperazine rings is 1. The minimum atomic E-state index is -5.08. The number of carboxylic acids is 1. The van der Waals surface area contributed by atoms with Gasteiger partial charge in [0, 0.05) is 60.9 Å². The van der Waals surface area contributed by atoms with Crippen LogP contribution in [0.4, 0.5) is 13.2 Å². The number of carboxylic acid groups (broad SMARTS) is 1. The molecule has 0 aromatic carbocycles. The van der Waals surface area contributed by atoms with Crippen molar-refractivity contribution in [1.29, 1.82) is 0 Å². The first-order chi connectivity index (χ1) is 14.6. The van der Waals surface area contributed by atoms with E-state index in [1.165, 1.54) is 15.3 Å². The molecular formula is C20H23F3N4O2S2. The molecule has 1 fully saturated rings. The van der Waals surface area contributed by atoms with Gasteiger partial charge in [0.05, 0.1) is 6.04 Å². The molecule has 11 heteroatoms. The highest BCUT2D eigenvalue weighted by molar-refractivity contribution is 7.14. The van der Waals surface area contributed by atoms with Crippen LogP contribution < -0.4 is 0 Å². The molecule has 1 aliphatic heterocycles. The summed E-state index contributed by atoms with van der Waals surface area (Å²) in [4.78, 5) is 21.3. The third kappa shape index (κ3) is 6.16. The summed E-state index contributed by atoms with van der Waals surface area (Å²) in [5, 5.41) is 11.6. The number of nitrogens with zero attached hydrogens (tertiary/aromatic N) is 4. The fourth-order valence-electron chi connectivity index (χ4n) is 3.31. The lowest BCUT2D eigenvalue weighted by Crippen LogP contribution is -2.46. The fraction of sp³-hybridized carbons (Fsp3) is 0.400. The molecule has 6 nitrogen and oxygen atoms in total. The van der Waals surface area contributed by atoms with E-state index in [-0.39, 0.29) is 0 Å². The molecule has 0 aliphatic carbocycles. The van der Waals surface area contributed by atoms with E-state index < -0.39 is 12.1 Å². The molecule has 0 spiro atoms. The third-order valence-corrected chi connectivity index (χ3v) is 6.81. The summed E-state index contributed by atoms with van der Waals surface area (Å²) >= 11 is 3.69. The van der Waals surface area contributed by atoms with Crippen molar-refractivity contribution in [2.75, 3.05) is 26.7 Å². The predicted octanol–water partition coefficient (Wildman–Crippen LogP) is 4.33. The van der Waals surface area contributed by atoms with E-state index in [0.29, 0.717) is 6.04 Å². The highest BCUT2D eigenvalue weighted by Crippen LogP contribution is 2.31. The van der Waals surface area contributed by atoms with Crippen LogP contribution in [0.25, 0.3) is 10.4 Å². The van der Waals surface area contributed by atoms with Crippen LogP contribution in [0, 0.1) is 0 Å². The molecule has 0 amide bonds. The molecule has 0 saturated carbocycles. The lowest BCUT2D eigenvalue weighted by atomic mass is 10.1. The molecule has 0 radical (unpaired) electrons. The van der Waals surface area contributed by atoms with Gasteiger partial charge in [-0.25, -0.2) is 9.78 Å². The molecule has 4 rings (SSSR count). The van der Waals surface area contributed by atoms with E-state index in [1.54, 1.807) is 0 Å². The van der Waals surface area contributed by atoms with Gasteiger partial charge in [-0.05, 0) is 29.9 Å². The van der Waals surface area contributed by atoms with Gasteiger partial charge >= 0.3 is 12.1 Å². The Morgan fingerprint density at radius 3 is 2.61 bits per heavy atom. The molecule has 1 saturated heterocycles.